The molecular weight excluding hydrogens is 254 g/mol. The number of hydrogen-bond donors (Lipinski definition) is 2. The smallest absolute Gasteiger partial charge is 0.133 e. The summed E-state index contributed by atoms with van der Waals surface area (Å²) in [6.07, 6.45) is 7.17. The average molecular weight is 274 g/mol. The third-order valence-electron chi connectivity index (χ3n) is 2.40. The van der Waals surface area contributed by atoms with E-state index in [4.69, 9.17) is 17.3 Å². The molecule has 1 aromatic rings. The molecule has 0 saturated heterocycles. The average Bonchev–Trinajstić information content (AvgIpc) is 2.26. The quantitative estimate of drug-likeness (QED) is 0.561. The predicted octanol–water partition coefficient (Wildman–Crippen LogP) is 3.65. The Labute approximate surface area is 113 Å². The van der Waals surface area contributed by atoms with Gasteiger partial charge in [-0.05, 0) is 30.9 Å². The van der Waals surface area contributed by atoms with Gasteiger partial charge in [-0.3, -0.25) is 0 Å². The largest absolute Gasteiger partial charge is 0.399 e. The van der Waals surface area contributed by atoms with E-state index in [2.05, 4.69) is 16.6 Å². The molecule has 0 aliphatic carbocycles. The van der Waals surface area contributed by atoms with Gasteiger partial charge in [0.25, 0.3) is 0 Å². The van der Waals surface area contributed by atoms with Gasteiger partial charge in [-0.25, -0.2) is 4.98 Å². The van der Waals surface area contributed by atoms with Gasteiger partial charge in [0.15, 0.2) is 0 Å². The minimum Gasteiger partial charge on any atom is -0.399 e. The minimum absolute atomic E-state index is 0.437. The van der Waals surface area contributed by atoms with Crippen molar-refractivity contribution in [3.63, 3.8) is 0 Å². The lowest BCUT2D eigenvalue weighted by Crippen LogP contribution is -2.04. The molecule has 3 N–H and O–H groups in total. The summed E-state index contributed by atoms with van der Waals surface area (Å²) in [7, 11) is 0. The van der Waals surface area contributed by atoms with Crippen molar-refractivity contribution in [1.82, 2.24) is 4.98 Å². The van der Waals surface area contributed by atoms with Gasteiger partial charge in [0.05, 0.1) is 0 Å². The van der Waals surface area contributed by atoms with Crippen LogP contribution in [0.25, 0.3) is 0 Å². The van der Waals surface area contributed by atoms with E-state index in [1.54, 1.807) is 12.1 Å². The van der Waals surface area contributed by atoms with E-state index in [0.29, 0.717) is 10.8 Å². The summed E-state index contributed by atoms with van der Waals surface area (Å²) >= 11 is 7.73. The third kappa shape index (κ3) is 6.64. The molecule has 0 atom stereocenters. The number of thioether (sulfide) groups is 1. The van der Waals surface area contributed by atoms with Crippen LogP contribution in [0.3, 0.4) is 0 Å². The van der Waals surface area contributed by atoms with Crippen molar-refractivity contribution in [2.75, 3.05) is 29.6 Å². The molecule has 1 rings (SSSR count). The summed E-state index contributed by atoms with van der Waals surface area (Å²) in [5, 5.41) is 3.67. The standard InChI is InChI=1S/C12H20ClN3S/c1-17-7-5-3-2-4-6-15-12-9-10(14)8-11(13)16-12/h8-9H,2-7H2,1H3,(H3,14,15,16). The van der Waals surface area contributed by atoms with E-state index in [0.717, 1.165) is 18.8 Å². The highest BCUT2D eigenvalue weighted by Crippen LogP contribution is 2.15. The van der Waals surface area contributed by atoms with E-state index in [1.165, 1.54) is 25.0 Å². The maximum Gasteiger partial charge on any atom is 0.133 e. The Kier molecular flexibility index (Phi) is 7.21. The number of pyridine rings is 1. The van der Waals surface area contributed by atoms with Crippen molar-refractivity contribution in [1.29, 1.82) is 0 Å². The number of nitrogen functional groups attached to an aromatic ring is 1. The van der Waals surface area contributed by atoms with Crippen molar-refractivity contribution in [2.45, 2.75) is 25.7 Å². The molecule has 0 aliphatic rings. The van der Waals surface area contributed by atoms with Crippen LogP contribution in [0, 0.1) is 0 Å². The van der Waals surface area contributed by atoms with Crippen molar-refractivity contribution in [2.24, 2.45) is 0 Å². The maximum absolute atomic E-state index is 5.81. The number of nitrogens with two attached hydrogens (primary N) is 1. The van der Waals surface area contributed by atoms with Crippen LogP contribution < -0.4 is 11.1 Å². The molecule has 0 spiro atoms. The van der Waals surface area contributed by atoms with Gasteiger partial charge >= 0.3 is 0 Å². The van der Waals surface area contributed by atoms with E-state index >= 15 is 0 Å². The number of unbranched alkanes of at least 4 members (excludes halogenated alkanes) is 3. The summed E-state index contributed by atoms with van der Waals surface area (Å²) in [6, 6.07) is 3.45. The van der Waals surface area contributed by atoms with Crippen molar-refractivity contribution < 1.29 is 0 Å². The molecule has 17 heavy (non-hydrogen) atoms. The van der Waals surface area contributed by atoms with Gasteiger partial charge in [-0.2, -0.15) is 11.8 Å². The molecule has 0 aromatic carbocycles. The Balaban J connectivity index is 2.13. The summed E-state index contributed by atoms with van der Waals surface area (Å²) in [5.41, 5.74) is 6.32. The van der Waals surface area contributed by atoms with Crippen molar-refractivity contribution in [3.8, 4) is 0 Å². The molecule has 1 heterocycles. The molecule has 3 nitrogen and oxygen atoms in total. The highest BCUT2D eigenvalue weighted by molar-refractivity contribution is 7.98. The summed E-state index contributed by atoms with van der Waals surface area (Å²) in [4.78, 5) is 4.15. The first kappa shape index (κ1) is 14.5. The lowest BCUT2D eigenvalue weighted by atomic mass is 10.2. The molecular formula is C12H20ClN3S. The zero-order chi connectivity index (χ0) is 12.5. The third-order valence-corrected chi connectivity index (χ3v) is 3.29. The second kappa shape index (κ2) is 8.48. The van der Waals surface area contributed by atoms with Crippen LogP contribution in [0.4, 0.5) is 11.5 Å². The molecule has 5 heteroatoms. The van der Waals surface area contributed by atoms with Crippen LogP contribution >= 0.6 is 23.4 Å². The highest BCUT2D eigenvalue weighted by atomic mass is 35.5. The maximum atomic E-state index is 5.81. The Morgan fingerprint density at radius 1 is 1.29 bits per heavy atom. The van der Waals surface area contributed by atoms with Gasteiger partial charge in [-0.15, -0.1) is 0 Å². The SMILES string of the molecule is CSCCCCCCNc1cc(N)cc(Cl)n1. The Morgan fingerprint density at radius 2 is 2.06 bits per heavy atom. The summed E-state index contributed by atoms with van der Waals surface area (Å²) in [6.45, 7) is 0.923. The Bertz CT molecular complexity index is 313. The van der Waals surface area contributed by atoms with Gasteiger partial charge < -0.3 is 11.1 Å². The second-order valence-electron chi connectivity index (χ2n) is 3.94. The number of halogens is 1. The fourth-order valence-corrected chi connectivity index (χ4v) is 2.26. The van der Waals surface area contributed by atoms with Crippen LogP contribution in [0.1, 0.15) is 25.7 Å². The molecule has 0 unspecified atom stereocenters. The fraction of sp³-hybridized carbons (Fsp3) is 0.583. The molecule has 0 radical (unpaired) electrons. The normalized spacial score (nSPS) is 10.5. The molecule has 1 aromatic heterocycles. The summed E-state index contributed by atoms with van der Waals surface area (Å²) < 4.78 is 0. The number of rotatable bonds is 8. The zero-order valence-corrected chi connectivity index (χ0v) is 11.8. The lowest BCUT2D eigenvalue weighted by Gasteiger charge is -2.06. The van der Waals surface area contributed by atoms with E-state index in [-0.39, 0.29) is 0 Å². The molecule has 96 valence electrons. The number of hydrogen-bond acceptors (Lipinski definition) is 4. The minimum atomic E-state index is 0.437. The number of nitrogens with zero attached hydrogens (tertiary/aromatic N) is 1. The van der Waals surface area contributed by atoms with Crippen molar-refractivity contribution in [3.05, 3.63) is 17.3 Å². The number of anilines is 2. The summed E-state index contributed by atoms with van der Waals surface area (Å²) in [5.74, 6) is 2.03. The first-order chi connectivity index (χ1) is 8.22. The van der Waals surface area contributed by atoms with Crippen LogP contribution in [-0.2, 0) is 0 Å². The number of aromatic nitrogens is 1. The first-order valence-electron chi connectivity index (χ1n) is 5.88. The van der Waals surface area contributed by atoms with Crippen molar-refractivity contribution >= 4 is 34.9 Å². The van der Waals surface area contributed by atoms with Gasteiger partial charge in [0.2, 0.25) is 0 Å². The topological polar surface area (TPSA) is 50.9 Å². The molecule has 0 fully saturated rings. The molecule has 0 amide bonds. The molecule has 0 bridgehead atoms. The van der Waals surface area contributed by atoms with Crippen LogP contribution in [0.15, 0.2) is 12.1 Å². The van der Waals surface area contributed by atoms with E-state index in [1.807, 2.05) is 11.8 Å². The van der Waals surface area contributed by atoms with Gasteiger partial charge in [0.1, 0.15) is 11.0 Å². The Hall–Kier alpha value is -0.610. The second-order valence-corrected chi connectivity index (χ2v) is 5.32. The van der Waals surface area contributed by atoms with Gasteiger partial charge in [0, 0.05) is 18.3 Å². The first-order valence-corrected chi connectivity index (χ1v) is 7.65. The van der Waals surface area contributed by atoms with Crippen LogP contribution in [-0.4, -0.2) is 23.5 Å². The van der Waals surface area contributed by atoms with Crippen LogP contribution in [0.2, 0.25) is 5.15 Å². The zero-order valence-electron chi connectivity index (χ0n) is 10.2. The highest BCUT2D eigenvalue weighted by Gasteiger charge is 1.98. The Morgan fingerprint density at radius 3 is 2.76 bits per heavy atom. The van der Waals surface area contributed by atoms with E-state index in [9.17, 15) is 0 Å². The van der Waals surface area contributed by atoms with Gasteiger partial charge in [-0.1, -0.05) is 24.4 Å². The van der Waals surface area contributed by atoms with Crippen LogP contribution in [0.5, 0.6) is 0 Å². The molecule has 0 aliphatic heterocycles. The monoisotopic (exact) mass is 273 g/mol. The van der Waals surface area contributed by atoms with E-state index < -0.39 is 0 Å². The fourth-order valence-electron chi connectivity index (χ4n) is 1.55. The predicted molar refractivity (Wildman–Crippen MR) is 79.0 cm³/mol. The number of nitrogens with one attached hydrogen (secondary N) is 1. The lowest BCUT2D eigenvalue weighted by molar-refractivity contribution is 0.688. The molecule has 0 saturated carbocycles.